The largest absolute Gasteiger partial charge is 0.379 e. The molecule has 8 heteroatoms. The van der Waals surface area contributed by atoms with E-state index in [4.69, 9.17) is 9.73 Å². The first-order chi connectivity index (χ1) is 12.3. The molecule has 26 heavy (non-hydrogen) atoms. The number of hydrogen-bond donors (Lipinski definition) is 1. The summed E-state index contributed by atoms with van der Waals surface area (Å²) >= 11 is 1.76. The number of morpholine rings is 1. The van der Waals surface area contributed by atoms with Gasteiger partial charge in [-0.1, -0.05) is 0 Å². The van der Waals surface area contributed by atoms with Crippen molar-refractivity contribution in [3.05, 3.63) is 16.1 Å². The molecule has 0 spiro atoms. The molecule has 1 atom stereocenters. The molecule has 1 aromatic rings. The maximum absolute atomic E-state index is 5.48. The van der Waals surface area contributed by atoms with E-state index in [0.717, 1.165) is 77.0 Å². The van der Waals surface area contributed by atoms with Crippen molar-refractivity contribution in [2.24, 2.45) is 4.99 Å². The van der Waals surface area contributed by atoms with Crippen molar-refractivity contribution in [1.82, 2.24) is 20.1 Å². The molecule has 6 nitrogen and oxygen atoms in total. The zero-order chi connectivity index (χ0) is 17.5. The van der Waals surface area contributed by atoms with Crippen LogP contribution < -0.4 is 5.32 Å². The number of guanidine groups is 1. The predicted molar refractivity (Wildman–Crippen MR) is 119 cm³/mol. The summed E-state index contributed by atoms with van der Waals surface area (Å²) in [6.45, 7) is 12.0. The van der Waals surface area contributed by atoms with Crippen molar-refractivity contribution in [3.8, 4) is 0 Å². The van der Waals surface area contributed by atoms with Gasteiger partial charge in [0.2, 0.25) is 0 Å². The average Bonchev–Trinajstić information content (AvgIpc) is 3.28. The second-order valence-corrected chi connectivity index (χ2v) is 7.70. The van der Waals surface area contributed by atoms with Crippen molar-refractivity contribution >= 4 is 41.3 Å². The van der Waals surface area contributed by atoms with Crippen LogP contribution in [0.1, 0.15) is 30.5 Å². The summed E-state index contributed by atoms with van der Waals surface area (Å²) in [5, 5.41) is 6.82. The second kappa shape index (κ2) is 11.4. The van der Waals surface area contributed by atoms with E-state index in [1.165, 1.54) is 11.4 Å². The summed E-state index contributed by atoms with van der Waals surface area (Å²) in [6, 6.07) is 0.644. The van der Waals surface area contributed by atoms with E-state index >= 15 is 0 Å². The van der Waals surface area contributed by atoms with Crippen LogP contribution in [-0.4, -0.2) is 79.3 Å². The van der Waals surface area contributed by atoms with Gasteiger partial charge in [-0.3, -0.25) is 9.89 Å². The van der Waals surface area contributed by atoms with Crippen LogP contribution in [0.15, 0.2) is 10.4 Å². The van der Waals surface area contributed by atoms with Gasteiger partial charge in [0.1, 0.15) is 0 Å². The first kappa shape index (κ1) is 21.8. The summed E-state index contributed by atoms with van der Waals surface area (Å²) in [5.41, 5.74) is 1.13. The third kappa shape index (κ3) is 6.31. The minimum absolute atomic E-state index is 0. The van der Waals surface area contributed by atoms with Crippen molar-refractivity contribution in [3.63, 3.8) is 0 Å². The quantitative estimate of drug-likeness (QED) is 0.286. The van der Waals surface area contributed by atoms with Gasteiger partial charge in [0.15, 0.2) is 5.96 Å². The van der Waals surface area contributed by atoms with Crippen molar-refractivity contribution in [1.29, 1.82) is 0 Å². The molecule has 1 aromatic heterocycles. The van der Waals surface area contributed by atoms with Crippen molar-refractivity contribution < 1.29 is 4.74 Å². The number of aromatic nitrogens is 1. The van der Waals surface area contributed by atoms with E-state index in [1.54, 1.807) is 11.3 Å². The summed E-state index contributed by atoms with van der Waals surface area (Å²) in [4.78, 5) is 14.4. The Bertz CT molecular complexity index is 562. The molecule has 3 rings (SSSR count). The summed E-state index contributed by atoms with van der Waals surface area (Å²) in [5.74, 6) is 1.08. The number of ether oxygens (including phenoxy) is 1. The minimum atomic E-state index is 0. The van der Waals surface area contributed by atoms with Gasteiger partial charge < -0.3 is 15.0 Å². The van der Waals surface area contributed by atoms with Crippen LogP contribution in [-0.2, 0) is 11.2 Å². The lowest BCUT2D eigenvalue weighted by molar-refractivity contribution is 0.0195. The maximum atomic E-state index is 5.48. The van der Waals surface area contributed by atoms with Crippen LogP contribution in [0.3, 0.4) is 0 Å². The fraction of sp³-hybridized carbons (Fsp3) is 0.778. The van der Waals surface area contributed by atoms with Gasteiger partial charge in [0.05, 0.1) is 18.2 Å². The minimum Gasteiger partial charge on any atom is -0.379 e. The highest BCUT2D eigenvalue weighted by atomic mass is 127. The number of hydrogen-bond acceptors (Lipinski definition) is 5. The van der Waals surface area contributed by atoms with Gasteiger partial charge in [-0.15, -0.1) is 35.3 Å². The van der Waals surface area contributed by atoms with Crippen LogP contribution in [0.5, 0.6) is 0 Å². The number of likely N-dealkylation sites (tertiary alicyclic amines) is 1. The second-order valence-electron chi connectivity index (χ2n) is 6.76. The topological polar surface area (TPSA) is 53.0 Å². The number of rotatable bonds is 6. The van der Waals surface area contributed by atoms with Gasteiger partial charge in [0.25, 0.3) is 0 Å². The number of halogens is 1. The van der Waals surface area contributed by atoms with E-state index in [2.05, 4.69) is 39.3 Å². The lowest BCUT2D eigenvalue weighted by atomic mass is 10.2. The molecule has 2 aliphatic heterocycles. The smallest absolute Gasteiger partial charge is 0.193 e. The van der Waals surface area contributed by atoms with Crippen LogP contribution in [0.25, 0.3) is 0 Å². The van der Waals surface area contributed by atoms with Gasteiger partial charge in [-0.25, -0.2) is 4.98 Å². The Labute approximate surface area is 178 Å². The molecule has 0 amide bonds. The van der Waals surface area contributed by atoms with E-state index in [-0.39, 0.29) is 24.0 Å². The first-order valence-electron chi connectivity index (χ1n) is 9.52. The normalized spacial score (nSPS) is 21.7. The zero-order valence-corrected chi connectivity index (χ0v) is 19.1. The molecule has 1 N–H and O–H groups in total. The number of nitrogens with one attached hydrogen (secondary N) is 1. The standard InChI is InChI=1S/C18H31N5OS.HI/c1-3-19-18(20-7-4-5-17-21-15(2)14-25-17)23-8-6-16(13-23)22-9-11-24-12-10-22;/h14,16H,3-13H2,1-2H3,(H,19,20);1H. The fourth-order valence-corrected chi connectivity index (χ4v) is 4.35. The van der Waals surface area contributed by atoms with E-state index in [1.807, 2.05) is 0 Å². The number of aliphatic imine (C=N–C) groups is 1. The predicted octanol–water partition coefficient (Wildman–Crippen LogP) is 2.37. The molecular weight excluding hydrogens is 461 g/mol. The molecule has 0 radical (unpaired) electrons. The monoisotopic (exact) mass is 493 g/mol. The highest BCUT2D eigenvalue weighted by Gasteiger charge is 2.30. The SMILES string of the molecule is CCNC(=NCCCc1nc(C)cs1)N1CCC(N2CCOCC2)C1.I. The highest BCUT2D eigenvalue weighted by Crippen LogP contribution is 2.17. The third-order valence-electron chi connectivity index (χ3n) is 4.84. The van der Waals surface area contributed by atoms with Crippen LogP contribution >= 0.6 is 35.3 Å². The van der Waals surface area contributed by atoms with Crippen LogP contribution in [0.4, 0.5) is 0 Å². The van der Waals surface area contributed by atoms with Crippen molar-refractivity contribution in [2.75, 3.05) is 52.5 Å². The molecule has 0 aliphatic carbocycles. The number of thiazole rings is 1. The molecular formula is C18H32IN5OS. The van der Waals surface area contributed by atoms with Gasteiger partial charge in [-0.05, 0) is 26.7 Å². The molecule has 1 unspecified atom stereocenters. The Balaban J connectivity index is 0.00000243. The molecule has 2 aliphatic rings. The first-order valence-corrected chi connectivity index (χ1v) is 10.4. The summed E-state index contributed by atoms with van der Waals surface area (Å²) < 4.78 is 5.48. The van der Waals surface area contributed by atoms with Crippen LogP contribution in [0, 0.1) is 6.92 Å². The Morgan fingerprint density at radius 1 is 1.38 bits per heavy atom. The lowest BCUT2D eigenvalue weighted by Crippen LogP contribution is -2.46. The van der Waals surface area contributed by atoms with Gasteiger partial charge in [0, 0.05) is 62.8 Å². The molecule has 0 bridgehead atoms. The third-order valence-corrected chi connectivity index (χ3v) is 5.86. The number of aryl methyl sites for hydroxylation is 2. The Kier molecular flexibility index (Phi) is 9.58. The Hall–Kier alpha value is -0.450. The van der Waals surface area contributed by atoms with E-state index < -0.39 is 0 Å². The zero-order valence-electron chi connectivity index (χ0n) is 15.9. The Morgan fingerprint density at radius 3 is 2.88 bits per heavy atom. The van der Waals surface area contributed by atoms with E-state index in [9.17, 15) is 0 Å². The average molecular weight is 493 g/mol. The van der Waals surface area contributed by atoms with E-state index in [0.29, 0.717) is 6.04 Å². The number of nitrogens with zero attached hydrogens (tertiary/aromatic N) is 4. The van der Waals surface area contributed by atoms with Gasteiger partial charge >= 0.3 is 0 Å². The van der Waals surface area contributed by atoms with Gasteiger partial charge in [-0.2, -0.15) is 0 Å². The van der Waals surface area contributed by atoms with Crippen LogP contribution in [0.2, 0.25) is 0 Å². The summed E-state index contributed by atoms with van der Waals surface area (Å²) in [6.07, 6.45) is 3.31. The molecule has 148 valence electrons. The molecule has 2 saturated heterocycles. The molecule has 0 aromatic carbocycles. The molecule has 0 saturated carbocycles. The molecule has 2 fully saturated rings. The Morgan fingerprint density at radius 2 is 2.19 bits per heavy atom. The molecule has 3 heterocycles. The lowest BCUT2D eigenvalue weighted by Gasteiger charge is -2.32. The summed E-state index contributed by atoms with van der Waals surface area (Å²) in [7, 11) is 0. The fourth-order valence-electron chi connectivity index (χ4n) is 3.53. The van der Waals surface area contributed by atoms with Crippen molar-refractivity contribution in [2.45, 2.75) is 39.2 Å². The maximum Gasteiger partial charge on any atom is 0.193 e. The highest BCUT2D eigenvalue weighted by molar-refractivity contribution is 14.0.